The van der Waals surface area contributed by atoms with Gasteiger partial charge in [0.15, 0.2) is 11.5 Å². The lowest BCUT2D eigenvalue weighted by Crippen LogP contribution is -2.20. The van der Waals surface area contributed by atoms with Crippen molar-refractivity contribution in [3.05, 3.63) is 23.3 Å². The summed E-state index contributed by atoms with van der Waals surface area (Å²) in [7, 11) is 0. The number of nitriles is 1. The van der Waals surface area contributed by atoms with Gasteiger partial charge in [0, 0.05) is 0 Å². The van der Waals surface area contributed by atoms with Gasteiger partial charge < -0.3 is 9.47 Å². The van der Waals surface area contributed by atoms with E-state index in [4.69, 9.17) is 5.26 Å². The Kier molecular flexibility index (Phi) is 3.83. The molecule has 0 atom stereocenters. The molecule has 0 aromatic heterocycles. The molecule has 1 rings (SSSR count). The summed E-state index contributed by atoms with van der Waals surface area (Å²) in [5, 5.41) is 8.64. The average molecular weight is 285 g/mol. The summed E-state index contributed by atoms with van der Waals surface area (Å²) >= 11 is 0. The number of halogens is 6. The molecule has 0 bridgehead atoms. The van der Waals surface area contributed by atoms with Crippen LogP contribution in [-0.4, -0.2) is 12.7 Å². The second-order valence-electron chi connectivity index (χ2n) is 3.34. The number of hydrogen-bond donors (Lipinski definition) is 0. The van der Waals surface area contributed by atoms with Crippen LogP contribution in [0.25, 0.3) is 0 Å². The number of rotatable bonds is 2. The summed E-state index contributed by atoms with van der Waals surface area (Å²) in [5.41, 5.74) is -0.974. The molecule has 0 aliphatic rings. The van der Waals surface area contributed by atoms with E-state index in [1.807, 2.05) is 0 Å². The van der Waals surface area contributed by atoms with Crippen LogP contribution in [0.2, 0.25) is 0 Å². The molecule has 0 saturated carbocycles. The van der Waals surface area contributed by atoms with Crippen molar-refractivity contribution in [2.24, 2.45) is 0 Å². The van der Waals surface area contributed by atoms with Crippen molar-refractivity contribution in [1.82, 2.24) is 0 Å². The van der Waals surface area contributed by atoms with Gasteiger partial charge in [0.05, 0.1) is 0 Å². The van der Waals surface area contributed by atoms with Crippen molar-refractivity contribution in [3.63, 3.8) is 0 Å². The second kappa shape index (κ2) is 4.87. The minimum Gasteiger partial charge on any atom is -0.404 e. The summed E-state index contributed by atoms with van der Waals surface area (Å²) < 4.78 is 79.4. The van der Waals surface area contributed by atoms with E-state index in [-0.39, 0.29) is 5.56 Å². The monoisotopic (exact) mass is 285 g/mol. The third kappa shape index (κ3) is 4.57. The SMILES string of the molecule is Cc1cc(OC(F)(F)F)c(C#N)c(OC(F)(F)F)c1. The molecule has 0 aliphatic heterocycles. The van der Waals surface area contributed by atoms with Crippen LogP contribution < -0.4 is 9.47 Å². The molecule has 0 aliphatic carbocycles. The van der Waals surface area contributed by atoms with Gasteiger partial charge in [0.25, 0.3) is 0 Å². The van der Waals surface area contributed by atoms with Gasteiger partial charge in [-0.25, -0.2) is 0 Å². The van der Waals surface area contributed by atoms with Crippen LogP contribution in [0.5, 0.6) is 11.5 Å². The Bertz CT molecular complexity index is 477. The van der Waals surface area contributed by atoms with Gasteiger partial charge in [-0.2, -0.15) is 5.26 Å². The number of aryl methyl sites for hydroxylation is 1. The van der Waals surface area contributed by atoms with Gasteiger partial charge >= 0.3 is 12.7 Å². The molecule has 1 aromatic rings. The van der Waals surface area contributed by atoms with E-state index in [0.29, 0.717) is 0 Å². The van der Waals surface area contributed by atoms with Gasteiger partial charge in [0.2, 0.25) is 0 Å². The molecule has 0 spiro atoms. The van der Waals surface area contributed by atoms with Crippen molar-refractivity contribution in [3.8, 4) is 17.6 Å². The van der Waals surface area contributed by atoms with Gasteiger partial charge in [-0.1, -0.05) is 0 Å². The predicted molar refractivity (Wildman–Crippen MR) is 49.3 cm³/mol. The number of hydrogen-bond acceptors (Lipinski definition) is 3. The molecular weight excluding hydrogens is 280 g/mol. The largest absolute Gasteiger partial charge is 0.573 e. The highest BCUT2D eigenvalue weighted by molar-refractivity contribution is 5.55. The Labute approximate surface area is 103 Å². The van der Waals surface area contributed by atoms with E-state index in [9.17, 15) is 26.3 Å². The molecular formula is C10H5F6NO2. The van der Waals surface area contributed by atoms with Crippen molar-refractivity contribution in [2.75, 3.05) is 0 Å². The summed E-state index contributed by atoms with van der Waals surface area (Å²) in [5.74, 6) is -2.09. The normalized spacial score (nSPS) is 11.9. The quantitative estimate of drug-likeness (QED) is 0.779. The van der Waals surface area contributed by atoms with Crippen molar-refractivity contribution in [2.45, 2.75) is 19.6 Å². The van der Waals surface area contributed by atoms with E-state index in [0.717, 1.165) is 12.1 Å². The first kappa shape index (κ1) is 14.9. The number of ether oxygens (including phenoxy) is 2. The Balaban J connectivity index is 3.30. The molecule has 0 saturated heterocycles. The van der Waals surface area contributed by atoms with Crippen LogP contribution in [0, 0.1) is 18.3 Å². The molecule has 0 radical (unpaired) electrons. The summed E-state index contributed by atoms with van der Waals surface area (Å²) in [6.45, 7) is 1.23. The highest BCUT2D eigenvalue weighted by Gasteiger charge is 2.36. The molecule has 9 heteroatoms. The first-order valence-electron chi connectivity index (χ1n) is 4.58. The van der Waals surface area contributed by atoms with Crippen LogP contribution in [0.1, 0.15) is 11.1 Å². The number of alkyl halides is 6. The average Bonchev–Trinajstić information content (AvgIpc) is 2.11. The van der Waals surface area contributed by atoms with Crippen LogP contribution in [-0.2, 0) is 0 Å². The van der Waals surface area contributed by atoms with E-state index in [1.165, 1.54) is 13.0 Å². The molecule has 0 unspecified atom stereocenters. The van der Waals surface area contributed by atoms with E-state index < -0.39 is 29.8 Å². The number of nitrogens with zero attached hydrogens (tertiary/aromatic N) is 1. The fraction of sp³-hybridized carbons (Fsp3) is 0.300. The molecule has 0 amide bonds. The highest BCUT2D eigenvalue weighted by Crippen LogP contribution is 2.35. The molecule has 3 nitrogen and oxygen atoms in total. The summed E-state index contributed by atoms with van der Waals surface area (Å²) in [6, 6.07) is 2.76. The van der Waals surface area contributed by atoms with E-state index >= 15 is 0 Å². The predicted octanol–water partition coefficient (Wildman–Crippen LogP) is 3.66. The van der Waals surface area contributed by atoms with Crippen LogP contribution in [0.15, 0.2) is 12.1 Å². The van der Waals surface area contributed by atoms with Crippen molar-refractivity contribution >= 4 is 0 Å². The van der Waals surface area contributed by atoms with Crippen LogP contribution in [0.4, 0.5) is 26.3 Å². The lowest BCUT2D eigenvalue weighted by atomic mass is 10.1. The molecule has 0 fully saturated rings. The van der Waals surface area contributed by atoms with Gasteiger partial charge in [-0.15, -0.1) is 26.3 Å². The van der Waals surface area contributed by atoms with Crippen molar-refractivity contribution < 1.29 is 35.8 Å². The Morgan fingerprint density at radius 3 is 1.58 bits per heavy atom. The maximum absolute atomic E-state index is 12.1. The third-order valence-corrected chi connectivity index (χ3v) is 1.77. The second-order valence-corrected chi connectivity index (χ2v) is 3.34. The Hall–Kier alpha value is -2.11. The van der Waals surface area contributed by atoms with Gasteiger partial charge in [-0.3, -0.25) is 0 Å². The molecule has 0 heterocycles. The van der Waals surface area contributed by atoms with Crippen LogP contribution in [0.3, 0.4) is 0 Å². The summed E-state index contributed by atoms with van der Waals surface area (Å²) in [4.78, 5) is 0. The maximum atomic E-state index is 12.1. The third-order valence-electron chi connectivity index (χ3n) is 1.77. The zero-order chi connectivity index (χ0) is 14.8. The zero-order valence-electron chi connectivity index (χ0n) is 9.19. The molecule has 104 valence electrons. The Morgan fingerprint density at radius 1 is 0.947 bits per heavy atom. The van der Waals surface area contributed by atoms with Crippen LogP contribution >= 0.6 is 0 Å². The fourth-order valence-electron chi connectivity index (χ4n) is 1.24. The minimum absolute atomic E-state index is 0.0116. The van der Waals surface area contributed by atoms with E-state index in [1.54, 1.807) is 0 Å². The molecule has 0 N–H and O–H groups in total. The standard InChI is InChI=1S/C10H5F6NO2/c1-5-2-7(18-9(11,12)13)6(4-17)8(3-5)19-10(14,15)16/h2-3H,1H3. The van der Waals surface area contributed by atoms with Gasteiger partial charge in [0.1, 0.15) is 11.6 Å². The first-order chi connectivity index (χ1) is 8.52. The lowest BCUT2D eigenvalue weighted by Gasteiger charge is -2.15. The Morgan fingerprint density at radius 2 is 1.32 bits per heavy atom. The topological polar surface area (TPSA) is 42.2 Å². The fourth-order valence-corrected chi connectivity index (χ4v) is 1.24. The van der Waals surface area contributed by atoms with Gasteiger partial charge in [-0.05, 0) is 24.6 Å². The first-order valence-corrected chi connectivity index (χ1v) is 4.58. The number of benzene rings is 1. The minimum atomic E-state index is -5.13. The summed E-state index contributed by atoms with van der Waals surface area (Å²) in [6.07, 6.45) is -10.3. The molecule has 19 heavy (non-hydrogen) atoms. The molecule has 1 aromatic carbocycles. The zero-order valence-corrected chi connectivity index (χ0v) is 9.19. The van der Waals surface area contributed by atoms with E-state index in [2.05, 4.69) is 9.47 Å². The van der Waals surface area contributed by atoms with Crippen molar-refractivity contribution in [1.29, 1.82) is 5.26 Å². The smallest absolute Gasteiger partial charge is 0.404 e. The highest BCUT2D eigenvalue weighted by atomic mass is 19.4. The maximum Gasteiger partial charge on any atom is 0.573 e. The lowest BCUT2D eigenvalue weighted by molar-refractivity contribution is -0.276.